The summed E-state index contributed by atoms with van der Waals surface area (Å²) in [6.45, 7) is 5.36. The second kappa shape index (κ2) is 12.1. The number of hydrogen-bond acceptors (Lipinski definition) is 3. The van der Waals surface area contributed by atoms with Crippen LogP contribution in [0.2, 0.25) is 0 Å². The van der Waals surface area contributed by atoms with E-state index in [4.69, 9.17) is 0 Å². The van der Waals surface area contributed by atoms with Gasteiger partial charge >= 0.3 is 6.18 Å². The van der Waals surface area contributed by atoms with E-state index in [2.05, 4.69) is 27.4 Å². The van der Waals surface area contributed by atoms with Crippen molar-refractivity contribution in [1.29, 1.82) is 0 Å². The quantitative estimate of drug-likeness (QED) is 0.250. The molecule has 0 aliphatic carbocycles. The highest BCUT2D eigenvalue weighted by molar-refractivity contribution is 14.0. The van der Waals surface area contributed by atoms with Crippen molar-refractivity contribution < 1.29 is 13.2 Å². The Kier molecular flexibility index (Phi) is 12.0. The molecule has 0 aromatic heterocycles. The van der Waals surface area contributed by atoms with Crippen LogP contribution in [0.15, 0.2) is 4.99 Å². The van der Waals surface area contributed by atoms with E-state index in [1.54, 1.807) is 7.05 Å². The molecule has 1 saturated heterocycles. The minimum absolute atomic E-state index is 0. The van der Waals surface area contributed by atoms with Crippen molar-refractivity contribution in [3.8, 4) is 0 Å². The first-order valence-electron chi connectivity index (χ1n) is 8.29. The van der Waals surface area contributed by atoms with E-state index in [9.17, 15) is 13.2 Å². The van der Waals surface area contributed by atoms with Gasteiger partial charge in [0.05, 0.1) is 6.54 Å². The number of alkyl halides is 3. The van der Waals surface area contributed by atoms with Crippen LogP contribution in [-0.4, -0.2) is 81.3 Å². The molecule has 144 valence electrons. The molecule has 5 nitrogen and oxygen atoms in total. The van der Waals surface area contributed by atoms with Crippen molar-refractivity contribution in [2.24, 2.45) is 4.99 Å². The zero-order valence-electron chi connectivity index (χ0n) is 14.8. The third-order valence-electron chi connectivity index (χ3n) is 4.09. The van der Waals surface area contributed by atoms with Crippen LogP contribution in [0.1, 0.15) is 26.2 Å². The smallest absolute Gasteiger partial charge is 0.356 e. The van der Waals surface area contributed by atoms with Gasteiger partial charge < -0.3 is 10.6 Å². The normalized spacial score (nSPS) is 19.5. The van der Waals surface area contributed by atoms with Gasteiger partial charge in [-0.1, -0.05) is 6.92 Å². The fourth-order valence-electron chi connectivity index (χ4n) is 2.92. The maximum atomic E-state index is 12.2. The van der Waals surface area contributed by atoms with Gasteiger partial charge in [-0.3, -0.25) is 14.8 Å². The van der Waals surface area contributed by atoms with Gasteiger partial charge in [0.2, 0.25) is 0 Å². The second-order valence-electron chi connectivity index (χ2n) is 6.01. The van der Waals surface area contributed by atoms with Crippen molar-refractivity contribution in [2.45, 2.75) is 38.4 Å². The molecule has 1 unspecified atom stereocenters. The third kappa shape index (κ3) is 9.87. The zero-order valence-corrected chi connectivity index (χ0v) is 17.2. The molecule has 1 aliphatic rings. The Morgan fingerprint density at radius 2 is 2.04 bits per heavy atom. The Hall–Kier alpha value is -0.290. The molecular formula is C15H31F3IN5. The molecule has 0 aromatic rings. The third-order valence-corrected chi connectivity index (χ3v) is 4.09. The van der Waals surface area contributed by atoms with E-state index in [0.717, 1.165) is 19.6 Å². The van der Waals surface area contributed by atoms with E-state index in [-0.39, 0.29) is 24.0 Å². The first-order valence-corrected chi connectivity index (χ1v) is 8.29. The van der Waals surface area contributed by atoms with Crippen LogP contribution in [0, 0.1) is 0 Å². The summed E-state index contributed by atoms with van der Waals surface area (Å²) in [4.78, 5) is 7.90. The molecule has 24 heavy (non-hydrogen) atoms. The van der Waals surface area contributed by atoms with Gasteiger partial charge in [-0.2, -0.15) is 13.2 Å². The molecule has 0 amide bonds. The molecule has 0 aromatic carbocycles. The lowest BCUT2D eigenvalue weighted by Gasteiger charge is -2.24. The van der Waals surface area contributed by atoms with E-state index in [1.165, 1.54) is 24.8 Å². The molecule has 2 N–H and O–H groups in total. The van der Waals surface area contributed by atoms with Gasteiger partial charge in [-0.05, 0) is 45.9 Å². The molecule has 0 bridgehead atoms. The Balaban J connectivity index is 0.00000529. The van der Waals surface area contributed by atoms with Crippen molar-refractivity contribution in [3.05, 3.63) is 0 Å². The SMILES string of the molecule is CCN1CCCC1CNC(=NC)NCCCN(C)CC(F)(F)F.I. The predicted octanol–water partition coefficient (Wildman–Crippen LogP) is 2.14. The van der Waals surface area contributed by atoms with Crippen molar-refractivity contribution >= 4 is 29.9 Å². The van der Waals surface area contributed by atoms with Crippen molar-refractivity contribution in [2.75, 3.05) is 53.4 Å². The summed E-state index contributed by atoms with van der Waals surface area (Å²) in [7, 11) is 3.19. The monoisotopic (exact) mass is 465 g/mol. The molecule has 1 atom stereocenters. The fourth-order valence-corrected chi connectivity index (χ4v) is 2.92. The van der Waals surface area contributed by atoms with Gasteiger partial charge in [-0.15, -0.1) is 24.0 Å². The van der Waals surface area contributed by atoms with Gasteiger partial charge in [0.1, 0.15) is 0 Å². The molecule has 1 fully saturated rings. The highest BCUT2D eigenvalue weighted by Crippen LogP contribution is 2.16. The van der Waals surface area contributed by atoms with E-state index < -0.39 is 12.7 Å². The number of likely N-dealkylation sites (N-methyl/N-ethyl adjacent to an activating group) is 1. The molecule has 1 aliphatic heterocycles. The van der Waals surface area contributed by atoms with Gasteiger partial charge in [0.25, 0.3) is 0 Å². The van der Waals surface area contributed by atoms with Crippen molar-refractivity contribution in [3.63, 3.8) is 0 Å². The molecule has 0 radical (unpaired) electrons. The summed E-state index contributed by atoms with van der Waals surface area (Å²) in [5, 5.41) is 6.46. The van der Waals surface area contributed by atoms with Crippen molar-refractivity contribution in [1.82, 2.24) is 20.4 Å². The minimum Gasteiger partial charge on any atom is -0.356 e. The van der Waals surface area contributed by atoms with Gasteiger partial charge in [0, 0.05) is 26.2 Å². The Morgan fingerprint density at radius 3 is 2.62 bits per heavy atom. The van der Waals surface area contributed by atoms with Crippen LogP contribution in [0.5, 0.6) is 0 Å². The van der Waals surface area contributed by atoms with E-state index in [0.29, 0.717) is 31.5 Å². The van der Waals surface area contributed by atoms with Crippen LogP contribution in [0.3, 0.4) is 0 Å². The summed E-state index contributed by atoms with van der Waals surface area (Å²) in [6, 6.07) is 0.538. The molecule has 0 spiro atoms. The molecule has 0 saturated carbocycles. The summed E-state index contributed by atoms with van der Waals surface area (Å²) < 4.78 is 36.7. The van der Waals surface area contributed by atoms with Gasteiger partial charge in [-0.25, -0.2) is 0 Å². The van der Waals surface area contributed by atoms with Crippen LogP contribution in [0.4, 0.5) is 13.2 Å². The number of rotatable bonds is 8. The van der Waals surface area contributed by atoms with Gasteiger partial charge in [0.15, 0.2) is 5.96 Å². The topological polar surface area (TPSA) is 42.9 Å². The summed E-state index contributed by atoms with van der Waals surface area (Å²) in [6.07, 6.45) is -1.07. The number of halogens is 4. The predicted molar refractivity (Wildman–Crippen MR) is 103 cm³/mol. The lowest BCUT2D eigenvalue weighted by atomic mass is 10.2. The van der Waals surface area contributed by atoms with Crippen LogP contribution in [-0.2, 0) is 0 Å². The zero-order chi connectivity index (χ0) is 17.3. The Morgan fingerprint density at radius 1 is 1.33 bits per heavy atom. The Bertz CT molecular complexity index is 366. The minimum atomic E-state index is -4.13. The van der Waals surface area contributed by atoms with Crippen LogP contribution >= 0.6 is 24.0 Å². The largest absolute Gasteiger partial charge is 0.401 e. The van der Waals surface area contributed by atoms with E-state index >= 15 is 0 Å². The highest BCUT2D eigenvalue weighted by atomic mass is 127. The highest BCUT2D eigenvalue weighted by Gasteiger charge is 2.28. The molecule has 1 rings (SSSR count). The lowest BCUT2D eigenvalue weighted by molar-refractivity contribution is -0.143. The maximum absolute atomic E-state index is 12.2. The first-order chi connectivity index (χ1) is 10.9. The van der Waals surface area contributed by atoms with E-state index in [1.807, 2.05) is 0 Å². The second-order valence-corrected chi connectivity index (χ2v) is 6.01. The number of likely N-dealkylation sites (tertiary alicyclic amines) is 1. The lowest BCUT2D eigenvalue weighted by Crippen LogP contribution is -2.45. The Labute approximate surface area is 160 Å². The summed E-state index contributed by atoms with van der Waals surface area (Å²) in [5.41, 5.74) is 0. The maximum Gasteiger partial charge on any atom is 0.401 e. The number of nitrogens with one attached hydrogen (secondary N) is 2. The average molecular weight is 465 g/mol. The number of guanidine groups is 1. The standard InChI is InChI=1S/C15H30F3N5.HI/c1-4-23-10-5-7-13(23)11-21-14(19-2)20-8-6-9-22(3)12-15(16,17)18;/h13H,4-12H2,1-3H3,(H2,19,20,21);1H. The first kappa shape index (κ1) is 23.7. The van der Waals surface area contributed by atoms with Crippen LogP contribution in [0.25, 0.3) is 0 Å². The molecule has 9 heteroatoms. The fraction of sp³-hybridized carbons (Fsp3) is 0.933. The summed E-state index contributed by atoms with van der Waals surface area (Å²) >= 11 is 0. The summed E-state index contributed by atoms with van der Waals surface area (Å²) in [5.74, 6) is 0.714. The average Bonchev–Trinajstić information content (AvgIpc) is 2.92. The van der Waals surface area contributed by atoms with Crippen LogP contribution < -0.4 is 10.6 Å². The number of aliphatic imine (C=N–C) groups is 1. The number of nitrogens with zero attached hydrogens (tertiary/aromatic N) is 3. The number of hydrogen-bond donors (Lipinski definition) is 2. The molecular weight excluding hydrogens is 434 g/mol. The molecule has 1 heterocycles.